The molecule has 2 aliphatic heterocycles. The first kappa shape index (κ1) is 24.3. The van der Waals surface area contributed by atoms with Gasteiger partial charge in [-0.25, -0.2) is 13.4 Å². The lowest BCUT2D eigenvalue weighted by atomic mass is 9.91. The van der Waals surface area contributed by atoms with Gasteiger partial charge in [0.25, 0.3) is 10.2 Å². The second kappa shape index (κ2) is 9.27. The number of ether oxygens (including phenoxy) is 1. The molecule has 2 fully saturated rings. The molecule has 2 aliphatic rings. The molecule has 2 N–H and O–H groups in total. The van der Waals surface area contributed by atoms with Gasteiger partial charge in [0.05, 0.1) is 24.9 Å². The van der Waals surface area contributed by atoms with E-state index in [-0.39, 0.29) is 44.4 Å². The van der Waals surface area contributed by atoms with Crippen LogP contribution in [-0.4, -0.2) is 81.8 Å². The molecule has 0 saturated carbocycles. The molecular weight excluding hydrogens is 461 g/mol. The van der Waals surface area contributed by atoms with E-state index in [1.807, 2.05) is 0 Å². The maximum Gasteiger partial charge on any atom is 0.393 e. The highest BCUT2D eigenvalue weighted by Crippen LogP contribution is 2.37. The van der Waals surface area contributed by atoms with Crippen molar-refractivity contribution in [2.24, 2.45) is 17.6 Å². The maximum absolute atomic E-state index is 13.5. The van der Waals surface area contributed by atoms with Crippen LogP contribution in [-0.2, 0) is 31.3 Å². The summed E-state index contributed by atoms with van der Waals surface area (Å²) in [5.74, 6) is -3.64. The van der Waals surface area contributed by atoms with Gasteiger partial charge in [0.15, 0.2) is 14.9 Å². The van der Waals surface area contributed by atoms with Gasteiger partial charge >= 0.3 is 6.18 Å². The highest BCUT2D eigenvalue weighted by Gasteiger charge is 2.48. The number of hydrogen-bond donors (Lipinski definition) is 1. The molecular formula is C17H25F3N4O5S2. The molecule has 2 atom stereocenters. The van der Waals surface area contributed by atoms with E-state index in [1.165, 1.54) is 18.3 Å². The molecule has 0 amide bonds. The number of pyridine rings is 1. The van der Waals surface area contributed by atoms with E-state index in [4.69, 9.17) is 10.5 Å². The Hall–Kier alpha value is -1.32. The molecule has 3 heterocycles. The summed E-state index contributed by atoms with van der Waals surface area (Å²) in [6.45, 7) is -0.602. The maximum atomic E-state index is 13.5. The Labute approximate surface area is 179 Å². The number of alkyl halides is 3. The summed E-state index contributed by atoms with van der Waals surface area (Å²) < 4.78 is 99.0. The number of halogens is 3. The van der Waals surface area contributed by atoms with Crippen molar-refractivity contribution in [3.63, 3.8) is 0 Å². The minimum Gasteiger partial charge on any atom is -0.379 e. The van der Waals surface area contributed by atoms with Crippen molar-refractivity contribution in [2.75, 3.05) is 45.1 Å². The Morgan fingerprint density at radius 3 is 2.42 bits per heavy atom. The lowest BCUT2D eigenvalue weighted by Gasteiger charge is -2.40. The van der Waals surface area contributed by atoms with Crippen LogP contribution in [0.25, 0.3) is 0 Å². The zero-order valence-electron chi connectivity index (χ0n) is 16.7. The fourth-order valence-electron chi connectivity index (χ4n) is 3.79. The van der Waals surface area contributed by atoms with E-state index in [0.717, 1.165) is 8.61 Å². The molecule has 0 bridgehead atoms. The third kappa shape index (κ3) is 5.73. The Morgan fingerprint density at radius 2 is 1.81 bits per heavy atom. The normalized spacial score (nSPS) is 24.9. The molecule has 2 saturated heterocycles. The highest BCUT2D eigenvalue weighted by molar-refractivity contribution is 7.91. The van der Waals surface area contributed by atoms with Gasteiger partial charge in [0.2, 0.25) is 0 Å². The van der Waals surface area contributed by atoms with E-state index in [1.54, 1.807) is 0 Å². The van der Waals surface area contributed by atoms with Crippen LogP contribution in [0.15, 0.2) is 23.4 Å². The number of morpholine rings is 1. The van der Waals surface area contributed by atoms with E-state index < -0.39 is 56.8 Å². The van der Waals surface area contributed by atoms with Crippen molar-refractivity contribution >= 4 is 20.0 Å². The summed E-state index contributed by atoms with van der Waals surface area (Å²) >= 11 is 0. The number of piperidine rings is 1. The predicted molar refractivity (Wildman–Crippen MR) is 105 cm³/mol. The average Bonchev–Trinajstić information content (AvgIpc) is 2.73. The van der Waals surface area contributed by atoms with Crippen molar-refractivity contribution in [3.05, 3.63) is 23.9 Å². The second-order valence-electron chi connectivity index (χ2n) is 7.66. The summed E-state index contributed by atoms with van der Waals surface area (Å²) in [7, 11) is -8.23. The number of aromatic nitrogens is 1. The van der Waals surface area contributed by atoms with Gasteiger partial charge < -0.3 is 10.5 Å². The van der Waals surface area contributed by atoms with Crippen LogP contribution >= 0.6 is 0 Å². The van der Waals surface area contributed by atoms with Gasteiger partial charge in [-0.1, -0.05) is 0 Å². The molecule has 9 nitrogen and oxygen atoms in total. The van der Waals surface area contributed by atoms with Crippen LogP contribution in [0, 0.1) is 11.8 Å². The molecule has 14 heteroatoms. The summed E-state index contributed by atoms with van der Waals surface area (Å²) in [6.07, 6.45) is -3.86. The Balaban J connectivity index is 1.85. The average molecular weight is 487 g/mol. The van der Waals surface area contributed by atoms with Crippen molar-refractivity contribution < 1.29 is 34.7 Å². The number of nitrogens with two attached hydrogens (primary N) is 1. The monoisotopic (exact) mass is 486 g/mol. The zero-order chi connectivity index (χ0) is 22.9. The highest BCUT2D eigenvalue weighted by atomic mass is 32.2. The van der Waals surface area contributed by atoms with Crippen molar-refractivity contribution in [3.8, 4) is 0 Å². The van der Waals surface area contributed by atoms with Crippen molar-refractivity contribution in [2.45, 2.75) is 24.2 Å². The summed E-state index contributed by atoms with van der Waals surface area (Å²) in [5.41, 5.74) is 6.03. The molecule has 1 aromatic heterocycles. The lowest BCUT2D eigenvalue weighted by molar-refractivity contribution is -0.186. The smallest absolute Gasteiger partial charge is 0.379 e. The van der Waals surface area contributed by atoms with E-state index in [9.17, 15) is 30.0 Å². The van der Waals surface area contributed by atoms with Gasteiger partial charge in [-0.15, -0.1) is 0 Å². The van der Waals surface area contributed by atoms with Crippen LogP contribution in [0.2, 0.25) is 0 Å². The Kier molecular flexibility index (Phi) is 7.28. The zero-order valence-corrected chi connectivity index (χ0v) is 18.3. The quantitative estimate of drug-likeness (QED) is 0.617. The third-order valence-corrected chi connectivity index (χ3v) is 9.14. The SMILES string of the molecule is NCc1ccnc(S(=O)(=O)C[C@H]2C[C@H](C(F)(F)F)CN(S(=O)(=O)N3CCOCC3)C2)c1. The molecule has 0 aromatic carbocycles. The van der Waals surface area contributed by atoms with E-state index in [2.05, 4.69) is 4.98 Å². The number of rotatable bonds is 6. The van der Waals surface area contributed by atoms with Crippen LogP contribution < -0.4 is 5.73 Å². The van der Waals surface area contributed by atoms with Gasteiger partial charge in [0, 0.05) is 38.9 Å². The van der Waals surface area contributed by atoms with Crippen LogP contribution in [0.4, 0.5) is 13.2 Å². The second-order valence-corrected chi connectivity index (χ2v) is 11.6. The molecule has 0 spiro atoms. The third-order valence-electron chi connectivity index (χ3n) is 5.40. The summed E-state index contributed by atoms with van der Waals surface area (Å²) in [5, 5.41) is -0.285. The fourth-order valence-corrected chi connectivity index (χ4v) is 7.08. The van der Waals surface area contributed by atoms with Crippen molar-refractivity contribution in [1.29, 1.82) is 0 Å². The minimum atomic E-state index is -4.65. The molecule has 3 rings (SSSR count). The first-order valence-electron chi connectivity index (χ1n) is 9.71. The van der Waals surface area contributed by atoms with Gasteiger partial charge in [-0.2, -0.15) is 30.2 Å². The van der Waals surface area contributed by atoms with Crippen LogP contribution in [0.1, 0.15) is 12.0 Å². The first-order chi connectivity index (χ1) is 14.4. The molecule has 176 valence electrons. The topological polar surface area (TPSA) is 123 Å². The summed E-state index contributed by atoms with van der Waals surface area (Å²) in [4.78, 5) is 3.81. The number of nitrogens with zero attached hydrogens (tertiary/aromatic N) is 3. The standard InChI is InChI=1S/C17H25F3N4O5S2/c18-17(19,20)15-7-14(12-30(25,26)16-8-13(9-21)1-2-22-16)10-24(11-15)31(27,28)23-3-5-29-6-4-23/h1-2,8,14-15H,3-7,9-12,21H2/t14-,15-/m0/s1. The number of hydrogen-bond acceptors (Lipinski definition) is 7. The predicted octanol–water partition coefficient (Wildman–Crippen LogP) is 0.391. The van der Waals surface area contributed by atoms with Crippen molar-refractivity contribution in [1.82, 2.24) is 13.6 Å². The molecule has 0 unspecified atom stereocenters. The van der Waals surface area contributed by atoms with E-state index >= 15 is 0 Å². The fraction of sp³-hybridized carbons (Fsp3) is 0.706. The summed E-state index contributed by atoms with van der Waals surface area (Å²) in [6, 6.07) is 2.82. The molecule has 1 aromatic rings. The lowest BCUT2D eigenvalue weighted by Crippen LogP contribution is -2.55. The first-order valence-corrected chi connectivity index (χ1v) is 12.8. The van der Waals surface area contributed by atoms with Crippen LogP contribution in [0.3, 0.4) is 0 Å². The van der Waals surface area contributed by atoms with Gasteiger partial charge in [-0.3, -0.25) is 0 Å². The Morgan fingerprint density at radius 1 is 1.13 bits per heavy atom. The molecule has 0 aliphatic carbocycles. The van der Waals surface area contributed by atoms with E-state index in [0.29, 0.717) is 5.56 Å². The number of sulfone groups is 1. The van der Waals surface area contributed by atoms with Crippen LogP contribution in [0.5, 0.6) is 0 Å². The molecule has 0 radical (unpaired) electrons. The Bertz CT molecular complexity index is 982. The molecule has 31 heavy (non-hydrogen) atoms. The minimum absolute atomic E-state index is 0.0360. The van der Waals surface area contributed by atoms with Gasteiger partial charge in [0.1, 0.15) is 0 Å². The largest absolute Gasteiger partial charge is 0.393 e. The van der Waals surface area contributed by atoms with Gasteiger partial charge in [-0.05, 0) is 30.0 Å².